The minimum atomic E-state index is -3.58. The molecule has 1 heterocycles. The van der Waals surface area contributed by atoms with Crippen molar-refractivity contribution < 1.29 is 23.7 Å². The molecule has 1 aliphatic heterocycles. The molecular weight excluding hydrogens is 353 g/mol. The Morgan fingerprint density at radius 1 is 1.19 bits per heavy atom. The molecule has 6 nitrogen and oxygen atoms in total. The lowest BCUT2D eigenvalue weighted by Gasteiger charge is -2.32. The number of hydrogen-bond acceptors (Lipinski definition) is 5. The van der Waals surface area contributed by atoms with E-state index in [2.05, 4.69) is 0 Å². The highest BCUT2D eigenvalue weighted by atomic mass is 31.2. The molecule has 1 fully saturated rings. The van der Waals surface area contributed by atoms with E-state index in [4.69, 9.17) is 9.26 Å². The molecule has 26 heavy (non-hydrogen) atoms. The number of esters is 1. The van der Waals surface area contributed by atoms with Crippen molar-refractivity contribution in [2.75, 3.05) is 13.7 Å². The van der Waals surface area contributed by atoms with E-state index in [1.807, 2.05) is 6.07 Å². The molecule has 0 spiro atoms. The molecule has 138 valence electrons. The number of rotatable bonds is 6. The number of para-hydroxylation sites is 1. The largest absolute Gasteiger partial charge is 0.468 e. The summed E-state index contributed by atoms with van der Waals surface area (Å²) in [6.45, 7) is 0.235. The zero-order chi connectivity index (χ0) is 18.6. The first-order valence-corrected chi connectivity index (χ1v) is 10.1. The van der Waals surface area contributed by atoms with Crippen LogP contribution in [0.2, 0.25) is 0 Å². The molecule has 0 aromatic heterocycles. The van der Waals surface area contributed by atoms with E-state index in [1.165, 1.54) is 7.11 Å². The standard InChI is InChI=1S/C19H22NO5P/c1-24-19(22)17-11-7-13-20(17)26(23,16-9-3-2-4-10-16)25-18-12-6-5-8-15(18)14-21/h2-6,8-10,12,17,21H,7,11,13-14H2,1H3/t17-,26+/m0/s1. The molecule has 2 aromatic carbocycles. The molecular formula is C19H22NO5P. The topological polar surface area (TPSA) is 76.1 Å². The van der Waals surface area contributed by atoms with Crippen molar-refractivity contribution in [3.8, 4) is 5.75 Å². The van der Waals surface area contributed by atoms with Crippen molar-refractivity contribution >= 4 is 18.8 Å². The predicted molar refractivity (Wildman–Crippen MR) is 98.4 cm³/mol. The highest BCUT2D eigenvalue weighted by Gasteiger charge is 2.46. The Hall–Kier alpha value is -2.14. The van der Waals surface area contributed by atoms with Gasteiger partial charge in [0.1, 0.15) is 11.8 Å². The zero-order valence-electron chi connectivity index (χ0n) is 14.6. The van der Waals surface area contributed by atoms with Crippen molar-refractivity contribution in [1.82, 2.24) is 4.67 Å². The molecule has 7 heteroatoms. The fourth-order valence-electron chi connectivity index (χ4n) is 3.17. The number of aliphatic hydroxyl groups excluding tert-OH is 1. The number of aliphatic hydroxyl groups is 1. The van der Waals surface area contributed by atoms with Gasteiger partial charge in [0.15, 0.2) is 0 Å². The number of nitrogens with zero attached hydrogens (tertiary/aromatic N) is 1. The van der Waals surface area contributed by atoms with Crippen molar-refractivity contribution in [2.45, 2.75) is 25.5 Å². The molecule has 1 N–H and O–H groups in total. The Bertz CT molecular complexity index is 811. The van der Waals surface area contributed by atoms with E-state index in [0.717, 1.165) is 6.42 Å². The molecule has 0 saturated carbocycles. The maximum atomic E-state index is 14.1. The summed E-state index contributed by atoms with van der Waals surface area (Å²) in [4.78, 5) is 12.2. The van der Waals surface area contributed by atoms with Crippen LogP contribution in [0.15, 0.2) is 54.6 Å². The number of carbonyl (C=O) groups excluding carboxylic acids is 1. The van der Waals surface area contributed by atoms with Crippen LogP contribution >= 0.6 is 7.52 Å². The van der Waals surface area contributed by atoms with Gasteiger partial charge >= 0.3 is 13.5 Å². The van der Waals surface area contributed by atoms with Crippen LogP contribution in [0.25, 0.3) is 0 Å². The van der Waals surface area contributed by atoms with Gasteiger partial charge in [-0.25, -0.2) is 4.67 Å². The second kappa shape index (κ2) is 8.04. The van der Waals surface area contributed by atoms with Crippen LogP contribution in [0.4, 0.5) is 0 Å². The number of carbonyl (C=O) groups is 1. The Labute approximate surface area is 152 Å². The van der Waals surface area contributed by atoms with Gasteiger partial charge < -0.3 is 14.4 Å². The average Bonchev–Trinajstić information content (AvgIpc) is 3.19. The molecule has 1 aliphatic rings. The summed E-state index contributed by atoms with van der Waals surface area (Å²) in [6.07, 6.45) is 1.29. The summed E-state index contributed by atoms with van der Waals surface area (Å²) in [6, 6.07) is 15.2. The van der Waals surface area contributed by atoms with E-state index in [-0.39, 0.29) is 6.61 Å². The van der Waals surface area contributed by atoms with Crippen molar-refractivity contribution in [3.05, 3.63) is 60.2 Å². The van der Waals surface area contributed by atoms with Gasteiger partial charge in [0.05, 0.1) is 19.0 Å². The predicted octanol–water partition coefficient (Wildman–Crippen LogP) is 2.71. The van der Waals surface area contributed by atoms with Crippen LogP contribution in [0, 0.1) is 0 Å². The van der Waals surface area contributed by atoms with Crippen LogP contribution in [0.5, 0.6) is 5.75 Å². The first kappa shape index (κ1) is 18.6. The van der Waals surface area contributed by atoms with Crippen LogP contribution in [-0.2, 0) is 20.7 Å². The summed E-state index contributed by atoms with van der Waals surface area (Å²) in [5.74, 6) is -0.0737. The van der Waals surface area contributed by atoms with Gasteiger partial charge in [-0.2, -0.15) is 0 Å². The molecule has 0 radical (unpaired) electrons. The number of methoxy groups -OCH3 is 1. The van der Waals surface area contributed by atoms with Crippen LogP contribution in [0.3, 0.4) is 0 Å². The number of ether oxygens (including phenoxy) is 1. The normalized spacial score (nSPS) is 19.7. The SMILES string of the molecule is COC(=O)[C@@H]1CCCN1[P@](=O)(Oc1ccccc1CO)c1ccccc1. The van der Waals surface area contributed by atoms with E-state index < -0.39 is 19.5 Å². The molecule has 0 bridgehead atoms. The second-order valence-electron chi connectivity index (χ2n) is 6.06. The summed E-state index contributed by atoms with van der Waals surface area (Å²) < 4.78 is 26.6. The molecule has 0 amide bonds. The minimum Gasteiger partial charge on any atom is -0.468 e. The molecule has 2 atom stereocenters. The fourth-order valence-corrected chi connectivity index (χ4v) is 5.65. The van der Waals surface area contributed by atoms with E-state index in [0.29, 0.717) is 29.6 Å². The second-order valence-corrected chi connectivity index (χ2v) is 8.31. The van der Waals surface area contributed by atoms with Gasteiger partial charge in [-0.1, -0.05) is 36.4 Å². The Morgan fingerprint density at radius 2 is 1.88 bits per heavy atom. The van der Waals surface area contributed by atoms with Gasteiger partial charge in [0.25, 0.3) is 0 Å². The van der Waals surface area contributed by atoms with Gasteiger partial charge in [-0.05, 0) is 31.0 Å². The first-order chi connectivity index (χ1) is 12.6. The third kappa shape index (κ3) is 3.54. The lowest BCUT2D eigenvalue weighted by atomic mass is 10.2. The van der Waals surface area contributed by atoms with E-state index >= 15 is 0 Å². The van der Waals surface area contributed by atoms with Crippen molar-refractivity contribution in [1.29, 1.82) is 0 Å². The fraction of sp³-hybridized carbons (Fsp3) is 0.316. The average molecular weight is 375 g/mol. The van der Waals surface area contributed by atoms with Gasteiger partial charge in [0.2, 0.25) is 0 Å². The van der Waals surface area contributed by atoms with E-state index in [1.54, 1.807) is 53.2 Å². The summed E-state index contributed by atoms with van der Waals surface area (Å²) in [7, 11) is -2.26. The van der Waals surface area contributed by atoms with E-state index in [9.17, 15) is 14.5 Å². The molecule has 2 aromatic rings. The lowest BCUT2D eigenvalue weighted by molar-refractivity contribution is -0.144. The smallest absolute Gasteiger partial charge is 0.350 e. The van der Waals surface area contributed by atoms with Gasteiger partial charge in [-0.15, -0.1) is 0 Å². The van der Waals surface area contributed by atoms with Crippen LogP contribution < -0.4 is 9.83 Å². The van der Waals surface area contributed by atoms with Crippen LogP contribution in [-0.4, -0.2) is 35.4 Å². The lowest BCUT2D eigenvalue weighted by Crippen LogP contribution is -2.38. The highest BCUT2D eigenvalue weighted by Crippen LogP contribution is 2.54. The molecule has 0 unspecified atom stereocenters. The van der Waals surface area contributed by atoms with Gasteiger partial charge in [-0.3, -0.25) is 9.36 Å². The summed E-state index contributed by atoms with van der Waals surface area (Å²) in [5, 5.41) is 10.1. The molecule has 3 rings (SSSR count). The Balaban J connectivity index is 2.06. The maximum absolute atomic E-state index is 14.1. The maximum Gasteiger partial charge on any atom is 0.350 e. The van der Waals surface area contributed by atoms with Crippen molar-refractivity contribution in [2.24, 2.45) is 0 Å². The molecule has 0 aliphatic carbocycles. The Morgan fingerprint density at radius 3 is 2.58 bits per heavy atom. The number of hydrogen-bond donors (Lipinski definition) is 1. The quantitative estimate of drug-likeness (QED) is 0.618. The van der Waals surface area contributed by atoms with Crippen LogP contribution in [0.1, 0.15) is 18.4 Å². The monoisotopic (exact) mass is 375 g/mol. The van der Waals surface area contributed by atoms with Gasteiger partial charge in [0, 0.05) is 12.1 Å². The molecule has 1 saturated heterocycles. The highest BCUT2D eigenvalue weighted by molar-refractivity contribution is 7.65. The first-order valence-electron chi connectivity index (χ1n) is 8.49. The zero-order valence-corrected chi connectivity index (χ0v) is 15.5. The number of benzene rings is 2. The summed E-state index contributed by atoms with van der Waals surface area (Å²) >= 11 is 0. The third-order valence-corrected chi connectivity index (χ3v) is 7.03. The minimum absolute atomic E-state index is 0.231. The Kier molecular flexibility index (Phi) is 5.77. The summed E-state index contributed by atoms with van der Waals surface area (Å²) in [5.41, 5.74) is 0.539. The third-order valence-electron chi connectivity index (χ3n) is 4.48. The van der Waals surface area contributed by atoms with Crippen molar-refractivity contribution in [3.63, 3.8) is 0 Å².